The zero-order valence-corrected chi connectivity index (χ0v) is 11.9. The van der Waals surface area contributed by atoms with Crippen LogP contribution in [-0.4, -0.2) is 35.8 Å². The highest BCUT2D eigenvalue weighted by Crippen LogP contribution is 2.14. The summed E-state index contributed by atoms with van der Waals surface area (Å²) >= 11 is 0. The first-order valence-corrected chi connectivity index (χ1v) is 7.07. The lowest BCUT2D eigenvalue weighted by atomic mass is 10.1. The van der Waals surface area contributed by atoms with Crippen LogP contribution >= 0.6 is 0 Å². The van der Waals surface area contributed by atoms with Crippen LogP contribution in [0.5, 0.6) is 0 Å². The predicted molar refractivity (Wildman–Crippen MR) is 73.7 cm³/mol. The Morgan fingerprint density at radius 3 is 2.76 bits per heavy atom. The first-order chi connectivity index (χ1) is 10.0. The van der Waals surface area contributed by atoms with Gasteiger partial charge in [0, 0.05) is 18.7 Å². The molecule has 0 aromatic heterocycles. The van der Waals surface area contributed by atoms with Gasteiger partial charge in [-0.3, -0.25) is 9.59 Å². The monoisotopic (exact) mass is 296 g/mol. The predicted octanol–water partition coefficient (Wildman–Crippen LogP) is 2.10. The minimum Gasteiger partial charge on any atom is -0.341 e. The second-order valence-corrected chi connectivity index (χ2v) is 5.07. The maximum absolute atomic E-state index is 13.1. The van der Waals surface area contributed by atoms with Gasteiger partial charge in [-0.25, -0.2) is 8.78 Å². The van der Waals surface area contributed by atoms with Crippen molar-refractivity contribution in [1.82, 2.24) is 10.2 Å². The molecule has 1 saturated heterocycles. The third-order valence-corrected chi connectivity index (χ3v) is 3.65. The molecule has 1 fully saturated rings. The molecule has 1 aromatic carbocycles. The van der Waals surface area contributed by atoms with Crippen molar-refractivity contribution >= 4 is 11.8 Å². The third kappa shape index (κ3) is 3.56. The fourth-order valence-corrected chi connectivity index (χ4v) is 2.43. The molecular formula is C15H18F2N2O2. The number of nitrogens with zero attached hydrogens (tertiary/aromatic N) is 1. The van der Waals surface area contributed by atoms with Crippen LogP contribution in [0.1, 0.15) is 36.5 Å². The van der Waals surface area contributed by atoms with E-state index < -0.39 is 23.6 Å². The number of hydrogen-bond acceptors (Lipinski definition) is 2. The van der Waals surface area contributed by atoms with E-state index in [1.54, 1.807) is 4.90 Å². The van der Waals surface area contributed by atoms with Crippen molar-refractivity contribution in [2.45, 2.75) is 32.2 Å². The average molecular weight is 296 g/mol. The molecule has 2 rings (SSSR count). The van der Waals surface area contributed by atoms with Crippen molar-refractivity contribution in [2.75, 3.05) is 13.1 Å². The Balaban J connectivity index is 2.10. The summed E-state index contributed by atoms with van der Waals surface area (Å²) in [5.41, 5.74) is 0.00833. The summed E-state index contributed by atoms with van der Waals surface area (Å²) in [7, 11) is 0. The minimum absolute atomic E-state index is 0.00833. The Morgan fingerprint density at radius 2 is 2.10 bits per heavy atom. The molecule has 1 unspecified atom stereocenters. The normalized spacial score (nSPS) is 19.3. The number of likely N-dealkylation sites (N-methyl/N-ethyl adjacent to an activating group) is 1. The number of rotatable bonds is 3. The summed E-state index contributed by atoms with van der Waals surface area (Å²) in [5, 5.41) is 2.62. The van der Waals surface area contributed by atoms with Gasteiger partial charge in [-0.1, -0.05) is 0 Å². The maximum atomic E-state index is 13.1. The van der Waals surface area contributed by atoms with Gasteiger partial charge in [-0.05, 0) is 44.4 Å². The van der Waals surface area contributed by atoms with Crippen LogP contribution in [0.2, 0.25) is 0 Å². The van der Waals surface area contributed by atoms with E-state index in [4.69, 9.17) is 0 Å². The van der Waals surface area contributed by atoms with Crippen molar-refractivity contribution in [1.29, 1.82) is 0 Å². The van der Waals surface area contributed by atoms with Gasteiger partial charge in [0.2, 0.25) is 5.91 Å². The van der Waals surface area contributed by atoms with Crippen molar-refractivity contribution in [3.63, 3.8) is 0 Å². The number of nitrogens with one attached hydrogen (secondary N) is 1. The highest BCUT2D eigenvalue weighted by molar-refractivity contribution is 5.97. The number of amides is 2. The van der Waals surface area contributed by atoms with Gasteiger partial charge in [0.15, 0.2) is 11.6 Å². The molecule has 1 heterocycles. The van der Waals surface area contributed by atoms with Gasteiger partial charge in [0.05, 0.1) is 0 Å². The van der Waals surface area contributed by atoms with Gasteiger partial charge in [-0.15, -0.1) is 0 Å². The van der Waals surface area contributed by atoms with Gasteiger partial charge in [-0.2, -0.15) is 0 Å². The SMILES string of the molecule is CCN1CCCCC(NC(=O)c2ccc(F)c(F)c2)C1=O. The molecule has 6 heteroatoms. The number of benzene rings is 1. The number of carbonyl (C=O) groups excluding carboxylic acids is 2. The molecule has 0 spiro atoms. The Bertz CT molecular complexity index is 548. The summed E-state index contributed by atoms with van der Waals surface area (Å²) in [6.07, 6.45) is 2.30. The van der Waals surface area contributed by atoms with Crippen LogP contribution in [0.4, 0.5) is 8.78 Å². The maximum Gasteiger partial charge on any atom is 0.252 e. The number of carbonyl (C=O) groups is 2. The van der Waals surface area contributed by atoms with Crippen LogP contribution in [0.3, 0.4) is 0 Å². The largest absolute Gasteiger partial charge is 0.341 e. The highest BCUT2D eigenvalue weighted by Gasteiger charge is 2.27. The lowest BCUT2D eigenvalue weighted by Gasteiger charge is -2.23. The van der Waals surface area contributed by atoms with E-state index in [1.807, 2.05) is 6.92 Å². The Kier molecular flexibility index (Phi) is 4.88. The van der Waals surface area contributed by atoms with Crippen LogP contribution in [0.25, 0.3) is 0 Å². The van der Waals surface area contributed by atoms with Crippen LogP contribution in [-0.2, 0) is 4.79 Å². The van der Waals surface area contributed by atoms with Gasteiger partial charge in [0.1, 0.15) is 6.04 Å². The van der Waals surface area contributed by atoms with E-state index in [0.717, 1.165) is 25.0 Å². The van der Waals surface area contributed by atoms with E-state index in [9.17, 15) is 18.4 Å². The molecule has 1 aliphatic heterocycles. The van der Waals surface area contributed by atoms with Gasteiger partial charge < -0.3 is 10.2 Å². The molecule has 1 aliphatic rings. The van der Waals surface area contributed by atoms with E-state index in [1.165, 1.54) is 6.07 Å². The second-order valence-electron chi connectivity index (χ2n) is 5.07. The average Bonchev–Trinajstić information content (AvgIpc) is 2.64. The van der Waals surface area contributed by atoms with Gasteiger partial charge >= 0.3 is 0 Å². The first kappa shape index (κ1) is 15.4. The molecule has 0 aliphatic carbocycles. The Hall–Kier alpha value is -1.98. The lowest BCUT2D eigenvalue weighted by Crippen LogP contribution is -2.47. The van der Waals surface area contributed by atoms with E-state index >= 15 is 0 Å². The molecule has 114 valence electrons. The lowest BCUT2D eigenvalue weighted by molar-refractivity contribution is -0.132. The van der Waals surface area contributed by atoms with Crippen LogP contribution in [0, 0.1) is 11.6 Å². The smallest absolute Gasteiger partial charge is 0.252 e. The molecule has 1 atom stereocenters. The summed E-state index contributed by atoms with van der Waals surface area (Å²) in [4.78, 5) is 26.0. The van der Waals surface area contributed by atoms with E-state index in [2.05, 4.69) is 5.32 Å². The summed E-state index contributed by atoms with van der Waals surface area (Å²) in [5.74, 6) is -2.77. The fourth-order valence-electron chi connectivity index (χ4n) is 2.43. The van der Waals surface area contributed by atoms with Crippen molar-refractivity contribution in [3.05, 3.63) is 35.4 Å². The molecule has 4 nitrogen and oxygen atoms in total. The van der Waals surface area contributed by atoms with E-state index in [-0.39, 0.29) is 11.5 Å². The fraction of sp³-hybridized carbons (Fsp3) is 0.467. The van der Waals surface area contributed by atoms with Crippen molar-refractivity contribution in [2.24, 2.45) is 0 Å². The quantitative estimate of drug-likeness (QED) is 0.928. The number of halogens is 2. The summed E-state index contributed by atoms with van der Waals surface area (Å²) < 4.78 is 26.0. The molecule has 2 amide bonds. The molecule has 21 heavy (non-hydrogen) atoms. The van der Waals surface area contributed by atoms with Crippen molar-refractivity contribution in [3.8, 4) is 0 Å². The molecular weight excluding hydrogens is 278 g/mol. The van der Waals surface area contributed by atoms with Crippen molar-refractivity contribution < 1.29 is 18.4 Å². The number of hydrogen-bond donors (Lipinski definition) is 1. The molecule has 0 bridgehead atoms. The first-order valence-electron chi connectivity index (χ1n) is 7.07. The van der Waals surface area contributed by atoms with Crippen LogP contribution < -0.4 is 5.32 Å². The Morgan fingerprint density at radius 1 is 1.33 bits per heavy atom. The molecule has 1 N–H and O–H groups in total. The molecule has 0 radical (unpaired) electrons. The van der Waals surface area contributed by atoms with Gasteiger partial charge in [0.25, 0.3) is 5.91 Å². The molecule has 1 aromatic rings. The molecule has 0 saturated carbocycles. The standard InChI is InChI=1S/C15H18F2N2O2/c1-2-19-8-4-3-5-13(15(19)21)18-14(20)10-6-7-11(16)12(17)9-10/h6-7,9,13H,2-5,8H2,1H3,(H,18,20). The number of likely N-dealkylation sites (tertiary alicyclic amines) is 1. The summed E-state index contributed by atoms with van der Waals surface area (Å²) in [6.45, 7) is 3.17. The van der Waals surface area contributed by atoms with Crippen LogP contribution in [0.15, 0.2) is 18.2 Å². The van der Waals surface area contributed by atoms with E-state index in [0.29, 0.717) is 19.5 Å². The second kappa shape index (κ2) is 6.65. The zero-order chi connectivity index (χ0) is 15.4. The zero-order valence-electron chi connectivity index (χ0n) is 11.9. The minimum atomic E-state index is -1.08. The highest BCUT2D eigenvalue weighted by atomic mass is 19.2. The Labute approximate surface area is 122 Å². The topological polar surface area (TPSA) is 49.4 Å². The summed E-state index contributed by atoms with van der Waals surface area (Å²) in [6, 6.07) is 2.33. The third-order valence-electron chi connectivity index (χ3n) is 3.65.